The number of ether oxygens (including phenoxy) is 2. The van der Waals surface area contributed by atoms with Crippen molar-refractivity contribution >= 4 is 5.91 Å². The average molecular weight is 405 g/mol. The van der Waals surface area contributed by atoms with Crippen molar-refractivity contribution in [2.24, 2.45) is 0 Å². The Morgan fingerprint density at radius 1 is 1.07 bits per heavy atom. The van der Waals surface area contributed by atoms with E-state index in [1.807, 2.05) is 44.2 Å². The van der Waals surface area contributed by atoms with Crippen LogP contribution in [0, 0.1) is 0 Å². The first-order valence-corrected chi connectivity index (χ1v) is 9.79. The third-order valence-electron chi connectivity index (χ3n) is 4.90. The number of alkyl halides is 2. The van der Waals surface area contributed by atoms with Crippen molar-refractivity contribution in [3.8, 4) is 5.75 Å². The highest BCUT2D eigenvalue weighted by Crippen LogP contribution is 2.24. The number of morpholine rings is 1. The van der Waals surface area contributed by atoms with Crippen LogP contribution in [-0.4, -0.2) is 44.4 Å². The normalized spacial score (nSPS) is 22.9. The molecule has 1 fully saturated rings. The van der Waals surface area contributed by atoms with Crippen molar-refractivity contribution < 1.29 is 27.9 Å². The zero-order chi connectivity index (χ0) is 20.8. The first kappa shape index (κ1) is 21.2. The zero-order valence-electron chi connectivity index (χ0n) is 16.6. The molecule has 1 amide bonds. The van der Waals surface area contributed by atoms with E-state index in [0.29, 0.717) is 6.54 Å². The summed E-state index contributed by atoms with van der Waals surface area (Å²) in [6.45, 7) is 3.09. The highest BCUT2D eigenvalue weighted by atomic mass is 19.3. The van der Waals surface area contributed by atoms with Crippen molar-refractivity contribution in [2.45, 2.75) is 38.7 Å². The lowest BCUT2D eigenvalue weighted by atomic mass is 9.98. The van der Waals surface area contributed by atoms with Gasteiger partial charge in [0.2, 0.25) is 0 Å². The first-order valence-electron chi connectivity index (χ1n) is 9.79. The molecule has 0 bridgehead atoms. The van der Waals surface area contributed by atoms with E-state index in [-0.39, 0.29) is 29.9 Å². The average Bonchev–Trinajstić information content (AvgIpc) is 2.66. The highest BCUT2D eigenvalue weighted by Gasteiger charge is 2.28. The van der Waals surface area contributed by atoms with Gasteiger partial charge in [0.15, 0.2) is 6.54 Å². The van der Waals surface area contributed by atoms with Gasteiger partial charge in [0.05, 0.1) is 6.04 Å². The summed E-state index contributed by atoms with van der Waals surface area (Å²) in [6, 6.07) is 15.6. The molecule has 1 aliphatic heterocycles. The number of rotatable bonds is 7. The molecular formula is C22H27F2N2O3+. The fraction of sp³-hybridized carbons (Fsp3) is 0.409. The molecule has 4 atom stereocenters. The van der Waals surface area contributed by atoms with E-state index in [0.717, 1.165) is 24.2 Å². The zero-order valence-corrected chi connectivity index (χ0v) is 16.6. The fourth-order valence-corrected chi connectivity index (χ4v) is 3.82. The van der Waals surface area contributed by atoms with Crippen LogP contribution in [0.15, 0.2) is 54.6 Å². The lowest BCUT2D eigenvalue weighted by molar-refractivity contribution is -0.907. The molecule has 1 saturated heterocycles. The number of carbonyl (C=O) groups is 1. The maximum absolute atomic E-state index is 12.8. The number of carbonyl (C=O) groups excluding carboxylic acids is 1. The minimum atomic E-state index is -2.87. The lowest BCUT2D eigenvalue weighted by Crippen LogP contribution is -3.16. The van der Waals surface area contributed by atoms with Crippen LogP contribution in [0.1, 0.15) is 31.0 Å². The molecule has 7 heteroatoms. The van der Waals surface area contributed by atoms with Gasteiger partial charge in [-0.05, 0) is 37.1 Å². The van der Waals surface area contributed by atoms with Crippen molar-refractivity contribution in [3.05, 3.63) is 65.7 Å². The summed E-state index contributed by atoms with van der Waals surface area (Å²) in [5, 5.41) is 3.10. The van der Waals surface area contributed by atoms with Gasteiger partial charge < -0.3 is 19.7 Å². The number of quaternary nitrogens is 1. The van der Waals surface area contributed by atoms with Crippen molar-refractivity contribution in [1.82, 2.24) is 5.32 Å². The Bertz CT molecular complexity index is 776. The molecule has 29 heavy (non-hydrogen) atoms. The van der Waals surface area contributed by atoms with Crippen LogP contribution >= 0.6 is 0 Å². The second kappa shape index (κ2) is 9.80. The Morgan fingerprint density at radius 3 is 2.24 bits per heavy atom. The van der Waals surface area contributed by atoms with E-state index in [1.54, 1.807) is 12.1 Å². The molecule has 0 spiro atoms. The van der Waals surface area contributed by atoms with Gasteiger partial charge in [-0.15, -0.1) is 0 Å². The Labute approximate surface area is 169 Å². The number of amides is 1. The summed E-state index contributed by atoms with van der Waals surface area (Å²) in [5.74, 6) is 0.0192. The molecule has 156 valence electrons. The van der Waals surface area contributed by atoms with Gasteiger partial charge >= 0.3 is 6.61 Å². The SMILES string of the molecule is C[C@@H]1C[NH+](CC(=O)N[C@@H](c2ccccc2)c2ccc(OC(F)F)cc2)C[C@H](C)O1. The largest absolute Gasteiger partial charge is 0.435 e. The van der Waals surface area contributed by atoms with E-state index in [9.17, 15) is 13.6 Å². The Morgan fingerprint density at radius 2 is 1.66 bits per heavy atom. The van der Waals surface area contributed by atoms with Crippen molar-refractivity contribution in [2.75, 3.05) is 19.6 Å². The van der Waals surface area contributed by atoms with Crippen LogP contribution in [-0.2, 0) is 9.53 Å². The van der Waals surface area contributed by atoms with Crippen molar-refractivity contribution in [3.63, 3.8) is 0 Å². The number of halogens is 2. The van der Waals surface area contributed by atoms with E-state index >= 15 is 0 Å². The molecule has 0 aliphatic carbocycles. The quantitative estimate of drug-likeness (QED) is 0.743. The molecule has 1 unspecified atom stereocenters. The van der Waals surface area contributed by atoms with Crippen LogP contribution < -0.4 is 15.0 Å². The first-order chi connectivity index (χ1) is 13.9. The molecule has 5 nitrogen and oxygen atoms in total. The summed E-state index contributed by atoms with van der Waals surface area (Å²) >= 11 is 0. The second-order valence-corrected chi connectivity index (χ2v) is 7.45. The standard InChI is InChI=1S/C22H26F2N2O3/c1-15-12-26(13-16(2)28-15)14-20(27)25-21(17-6-4-3-5-7-17)18-8-10-19(11-9-18)29-22(23)24/h3-11,15-16,21-22H,12-14H2,1-2H3,(H,25,27)/p+1/t15-,16+,21-/m0/s1. The molecule has 0 saturated carbocycles. The molecule has 1 heterocycles. The van der Waals surface area contributed by atoms with Gasteiger partial charge in [-0.1, -0.05) is 42.5 Å². The van der Waals surface area contributed by atoms with Crippen molar-refractivity contribution in [1.29, 1.82) is 0 Å². The molecule has 1 aliphatic rings. The Kier molecular flexibility index (Phi) is 7.17. The number of hydrogen-bond acceptors (Lipinski definition) is 3. The van der Waals surface area contributed by atoms with Gasteiger partial charge in [-0.3, -0.25) is 4.79 Å². The van der Waals surface area contributed by atoms with Crippen LogP contribution in [0.2, 0.25) is 0 Å². The van der Waals surface area contributed by atoms with Gasteiger partial charge in [0.25, 0.3) is 5.91 Å². The van der Waals surface area contributed by atoms with E-state index in [2.05, 4.69) is 10.1 Å². The lowest BCUT2D eigenvalue weighted by Gasteiger charge is -2.32. The molecule has 2 aromatic carbocycles. The minimum absolute atomic E-state index is 0.0666. The predicted octanol–water partition coefficient (Wildman–Crippen LogP) is 2.19. The molecular weight excluding hydrogens is 378 g/mol. The van der Waals surface area contributed by atoms with Crippen LogP contribution in [0.25, 0.3) is 0 Å². The van der Waals surface area contributed by atoms with E-state index in [4.69, 9.17) is 4.74 Å². The highest BCUT2D eigenvalue weighted by molar-refractivity contribution is 5.78. The molecule has 0 aromatic heterocycles. The number of hydrogen-bond donors (Lipinski definition) is 2. The van der Waals surface area contributed by atoms with Gasteiger partial charge in [0.1, 0.15) is 31.0 Å². The predicted molar refractivity (Wildman–Crippen MR) is 105 cm³/mol. The maximum atomic E-state index is 12.8. The van der Waals surface area contributed by atoms with E-state index in [1.165, 1.54) is 17.0 Å². The second-order valence-electron chi connectivity index (χ2n) is 7.45. The van der Waals surface area contributed by atoms with Crippen LogP contribution in [0.3, 0.4) is 0 Å². The minimum Gasteiger partial charge on any atom is -0.435 e. The molecule has 2 N–H and O–H groups in total. The monoisotopic (exact) mass is 405 g/mol. The van der Waals surface area contributed by atoms with E-state index < -0.39 is 6.61 Å². The fourth-order valence-electron chi connectivity index (χ4n) is 3.82. The van der Waals surface area contributed by atoms with Gasteiger partial charge in [-0.2, -0.15) is 8.78 Å². The van der Waals surface area contributed by atoms with Gasteiger partial charge in [-0.25, -0.2) is 0 Å². The molecule has 2 aromatic rings. The summed E-state index contributed by atoms with van der Waals surface area (Å²) in [5.41, 5.74) is 1.71. The third-order valence-corrected chi connectivity index (χ3v) is 4.90. The third kappa shape index (κ3) is 6.24. The summed E-state index contributed by atoms with van der Waals surface area (Å²) in [4.78, 5) is 14.0. The topological polar surface area (TPSA) is 52.0 Å². The maximum Gasteiger partial charge on any atom is 0.387 e. The summed E-state index contributed by atoms with van der Waals surface area (Å²) in [7, 11) is 0. The Hall–Kier alpha value is -2.51. The van der Waals surface area contributed by atoms with Gasteiger partial charge in [0, 0.05) is 0 Å². The Balaban J connectivity index is 1.73. The van der Waals surface area contributed by atoms with Crippen LogP contribution in [0.5, 0.6) is 5.75 Å². The summed E-state index contributed by atoms with van der Waals surface area (Å²) in [6.07, 6.45) is 0.239. The molecule has 0 radical (unpaired) electrons. The smallest absolute Gasteiger partial charge is 0.387 e. The number of nitrogens with one attached hydrogen (secondary N) is 2. The van der Waals surface area contributed by atoms with Crippen LogP contribution in [0.4, 0.5) is 8.78 Å². The molecule has 3 rings (SSSR count). The summed E-state index contributed by atoms with van der Waals surface area (Å²) < 4.78 is 35.0. The number of benzene rings is 2.